The average molecular weight is 497 g/mol. The number of halogens is 7. The fourth-order valence-corrected chi connectivity index (χ4v) is 3.97. The second-order valence-corrected chi connectivity index (χ2v) is 8.01. The summed E-state index contributed by atoms with van der Waals surface area (Å²) in [5.41, 5.74) is -1.24. The second-order valence-electron chi connectivity index (χ2n) is 7.61. The van der Waals surface area contributed by atoms with Crippen LogP contribution in [0.2, 0.25) is 5.02 Å². The van der Waals surface area contributed by atoms with Crippen molar-refractivity contribution in [2.75, 3.05) is 0 Å². The Morgan fingerprint density at radius 2 is 1.53 bits per heavy atom. The van der Waals surface area contributed by atoms with Gasteiger partial charge in [-0.2, -0.15) is 26.3 Å². The van der Waals surface area contributed by atoms with E-state index >= 15 is 0 Å². The Kier molecular flexibility index (Phi) is 6.16. The summed E-state index contributed by atoms with van der Waals surface area (Å²) in [6, 6.07) is 11.3. The van der Waals surface area contributed by atoms with Crippen molar-refractivity contribution in [2.24, 2.45) is 0 Å². The standard InChI is InChI=1S/C24H15ClF6N2O/c25-20-8-5-14(23(26,27)28)10-19(20)18(11-16-6-4-15(12-33-16)24(29,30)31)17-7-3-13-2-1-9-32-21(13)22(17)34/h1-10,12,18,34H,11H2. The zero-order chi connectivity index (χ0) is 24.7. The van der Waals surface area contributed by atoms with Gasteiger partial charge in [-0.3, -0.25) is 9.97 Å². The van der Waals surface area contributed by atoms with Gasteiger partial charge in [0, 0.05) is 46.4 Å². The van der Waals surface area contributed by atoms with Gasteiger partial charge in [-0.25, -0.2) is 0 Å². The molecule has 4 aromatic rings. The molecule has 4 rings (SSSR count). The molecule has 1 atom stereocenters. The minimum absolute atomic E-state index is 0.00503. The van der Waals surface area contributed by atoms with Crippen LogP contribution in [0.15, 0.2) is 67.0 Å². The maximum absolute atomic E-state index is 13.4. The van der Waals surface area contributed by atoms with Crippen molar-refractivity contribution in [1.82, 2.24) is 9.97 Å². The highest BCUT2D eigenvalue weighted by Crippen LogP contribution is 2.42. The number of alkyl halides is 6. The predicted molar refractivity (Wildman–Crippen MR) is 115 cm³/mol. The lowest BCUT2D eigenvalue weighted by atomic mass is 9.85. The first-order chi connectivity index (χ1) is 15.9. The molecule has 0 spiro atoms. The summed E-state index contributed by atoms with van der Waals surface area (Å²) in [5.74, 6) is -1.21. The Morgan fingerprint density at radius 3 is 2.18 bits per heavy atom. The zero-order valence-corrected chi connectivity index (χ0v) is 17.9. The van der Waals surface area contributed by atoms with Gasteiger partial charge in [0.1, 0.15) is 11.3 Å². The van der Waals surface area contributed by atoms with Crippen LogP contribution < -0.4 is 0 Å². The van der Waals surface area contributed by atoms with Crippen LogP contribution in [0.25, 0.3) is 10.9 Å². The van der Waals surface area contributed by atoms with Gasteiger partial charge in [-0.1, -0.05) is 29.8 Å². The molecule has 0 aliphatic rings. The lowest BCUT2D eigenvalue weighted by molar-refractivity contribution is -0.138. The molecule has 2 heterocycles. The number of pyridine rings is 2. The quantitative estimate of drug-likeness (QED) is 0.299. The first kappa shape index (κ1) is 23.8. The number of hydrogen-bond donors (Lipinski definition) is 1. The van der Waals surface area contributed by atoms with Gasteiger partial charge in [0.25, 0.3) is 0 Å². The number of aromatic nitrogens is 2. The molecule has 176 valence electrons. The van der Waals surface area contributed by atoms with Crippen LogP contribution in [0.3, 0.4) is 0 Å². The highest BCUT2D eigenvalue weighted by molar-refractivity contribution is 6.31. The molecule has 1 N–H and O–H groups in total. The topological polar surface area (TPSA) is 46.0 Å². The van der Waals surface area contributed by atoms with E-state index in [1.807, 2.05) is 0 Å². The van der Waals surface area contributed by atoms with E-state index in [4.69, 9.17) is 11.6 Å². The van der Waals surface area contributed by atoms with Crippen LogP contribution >= 0.6 is 11.6 Å². The van der Waals surface area contributed by atoms with Gasteiger partial charge in [-0.15, -0.1) is 0 Å². The lowest BCUT2D eigenvalue weighted by Crippen LogP contribution is -2.12. The Bertz CT molecular complexity index is 1340. The molecule has 0 aliphatic heterocycles. The van der Waals surface area contributed by atoms with Gasteiger partial charge in [0.05, 0.1) is 11.1 Å². The molecule has 3 nitrogen and oxygen atoms in total. The lowest BCUT2D eigenvalue weighted by Gasteiger charge is -2.22. The van der Waals surface area contributed by atoms with Crippen LogP contribution in [-0.2, 0) is 18.8 Å². The van der Waals surface area contributed by atoms with Gasteiger partial charge in [0.15, 0.2) is 0 Å². The predicted octanol–water partition coefficient (Wildman–Crippen LogP) is 7.40. The first-order valence-electron chi connectivity index (χ1n) is 9.90. The second kappa shape index (κ2) is 8.79. The number of aromatic hydroxyl groups is 1. The first-order valence-corrected chi connectivity index (χ1v) is 10.3. The molecule has 0 bridgehead atoms. The highest BCUT2D eigenvalue weighted by Gasteiger charge is 2.33. The van der Waals surface area contributed by atoms with Gasteiger partial charge in [-0.05, 0) is 42.0 Å². The van der Waals surface area contributed by atoms with Gasteiger partial charge < -0.3 is 5.11 Å². The fourth-order valence-electron chi connectivity index (χ4n) is 3.72. The molecule has 0 aliphatic carbocycles. The smallest absolute Gasteiger partial charge is 0.417 e. The number of phenols is 1. The molecular formula is C24H15ClF6N2O. The number of hydrogen-bond acceptors (Lipinski definition) is 3. The van der Waals surface area contributed by atoms with E-state index in [-0.39, 0.29) is 39.5 Å². The minimum Gasteiger partial charge on any atom is -0.505 e. The minimum atomic E-state index is -4.65. The van der Waals surface area contributed by atoms with Gasteiger partial charge in [0.2, 0.25) is 0 Å². The van der Waals surface area contributed by atoms with Crippen molar-refractivity contribution in [3.8, 4) is 5.75 Å². The van der Waals surface area contributed by atoms with Crippen LogP contribution in [0.5, 0.6) is 5.75 Å². The Hall–Kier alpha value is -3.33. The number of benzene rings is 2. The Labute approximate surface area is 194 Å². The third kappa shape index (κ3) is 4.79. The summed E-state index contributed by atoms with van der Waals surface area (Å²) < 4.78 is 79.0. The molecule has 1 unspecified atom stereocenters. The van der Waals surface area contributed by atoms with Crippen LogP contribution in [0.4, 0.5) is 26.3 Å². The van der Waals surface area contributed by atoms with E-state index in [1.54, 1.807) is 18.2 Å². The summed E-state index contributed by atoms with van der Waals surface area (Å²) in [4.78, 5) is 7.99. The van der Waals surface area contributed by atoms with Crippen molar-refractivity contribution >= 4 is 22.5 Å². The van der Waals surface area contributed by atoms with E-state index in [9.17, 15) is 31.4 Å². The van der Waals surface area contributed by atoms with E-state index in [2.05, 4.69) is 9.97 Å². The molecule has 0 radical (unpaired) electrons. The number of fused-ring (bicyclic) bond motifs is 1. The summed E-state index contributed by atoms with van der Waals surface area (Å²) in [5, 5.41) is 11.5. The van der Waals surface area contributed by atoms with Crippen LogP contribution in [0.1, 0.15) is 33.9 Å². The number of nitrogens with zero attached hydrogens (tertiary/aromatic N) is 2. The summed E-state index contributed by atoms with van der Waals surface area (Å²) in [6.07, 6.45) is -7.25. The molecule has 0 fully saturated rings. The monoisotopic (exact) mass is 496 g/mol. The van der Waals surface area contributed by atoms with Crippen molar-refractivity contribution in [1.29, 1.82) is 0 Å². The van der Waals surface area contributed by atoms with E-state index in [0.29, 0.717) is 11.6 Å². The normalized spacial score (nSPS) is 13.3. The van der Waals surface area contributed by atoms with E-state index < -0.39 is 29.4 Å². The van der Waals surface area contributed by atoms with Crippen molar-refractivity contribution in [3.05, 3.63) is 100.0 Å². The number of phenolic OH excluding ortho intramolecular Hbond substituents is 1. The van der Waals surface area contributed by atoms with E-state index in [1.165, 1.54) is 12.3 Å². The van der Waals surface area contributed by atoms with E-state index in [0.717, 1.165) is 30.3 Å². The molecular weight excluding hydrogens is 482 g/mol. The van der Waals surface area contributed by atoms with Crippen molar-refractivity contribution < 1.29 is 31.4 Å². The maximum Gasteiger partial charge on any atom is 0.417 e. The molecule has 0 saturated carbocycles. The van der Waals surface area contributed by atoms with Crippen LogP contribution in [-0.4, -0.2) is 15.1 Å². The van der Waals surface area contributed by atoms with Crippen LogP contribution in [0, 0.1) is 0 Å². The summed E-state index contributed by atoms with van der Waals surface area (Å²) in [6.45, 7) is 0. The van der Waals surface area contributed by atoms with Crippen molar-refractivity contribution in [2.45, 2.75) is 24.7 Å². The summed E-state index contributed by atoms with van der Waals surface area (Å²) >= 11 is 6.28. The Morgan fingerprint density at radius 1 is 0.824 bits per heavy atom. The molecule has 2 aromatic carbocycles. The fraction of sp³-hybridized carbons (Fsp3) is 0.167. The molecule has 2 aromatic heterocycles. The summed E-state index contributed by atoms with van der Waals surface area (Å²) in [7, 11) is 0. The average Bonchev–Trinajstić information content (AvgIpc) is 2.78. The highest BCUT2D eigenvalue weighted by atomic mass is 35.5. The molecule has 0 saturated heterocycles. The molecule has 34 heavy (non-hydrogen) atoms. The zero-order valence-electron chi connectivity index (χ0n) is 17.1. The Balaban J connectivity index is 1.87. The van der Waals surface area contributed by atoms with Crippen molar-refractivity contribution in [3.63, 3.8) is 0 Å². The SMILES string of the molecule is Oc1c(C(Cc2ccc(C(F)(F)F)cn2)c2cc(C(F)(F)F)ccc2Cl)ccc2cccnc12. The number of rotatable bonds is 4. The van der Waals surface area contributed by atoms with Gasteiger partial charge >= 0.3 is 12.4 Å². The molecule has 0 amide bonds. The third-order valence-corrected chi connectivity index (χ3v) is 5.76. The third-order valence-electron chi connectivity index (χ3n) is 5.42. The maximum atomic E-state index is 13.4. The largest absolute Gasteiger partial charge is 0.505 e. The molecule has 10 heteroatoms.